The van der Waals surface area contributed by atoms with Gasteiger partial charge in [0.1, 0.15) is 0 Å². The van der Waals surface area contributed by atoms with E-state index in [0.29, 0.717) is 21.2 Å². The predicted molar refractivity (Wildman–Crippen MR) is 70.0 cm³/mol. The first kappa shape index (κ1) is 13.2. The number of anilines is 1. The zero-order chi connectivity index (χ0) is 12.5. The van der Waals surface area contributed by atoms with E-state index in [9.17, 15) is 4.79 Å². The van der Waals surface area contributed by atoms with Crippen molar-refractivity contribution in [3.63, 3.8) is 0 Å². The third-order valence-electron chi connectivity index (χ3n) is 1.74. The molecule has 0 bridgehead atoms. The zero-order valence-corrected chi connectivity index (χ0v) is 11.1. The molecule has 0 aliphatic rings. The van der Waals surface area contributed by atoms with Crippen LogP contribution in [0.3, 0.4) is 0 Å². The molecule has 5 heteroatoms. The van der Waals surface area contributed by atoms with Gasteiger partial charge in [-0.05, 0) is 12.1 Å². The molecule has 1 amide bonds. The molecule has 1 rings (SSSR count). The molecule has 0 aromatic heterocycles. The van der Waals surface area contributed by atoms with Crippen molar-refractivity contribution in [2.45, 2.75) is 30.4 Å². The molecule has 0 radical (unpaired) electrons. The van der Waals surface area contributed by atoms with Gasteiger partial charge in [0.25, 0.3) is 0 Å². The van der Waals surface area contributed by atoms with E-state index in [1.165, 1.54) is 11.8 Å². The summed E-state index contributed by atoms with van der Waals surface area (Å²) >= 11 is 7.58. The van der Waals surface area contributed by atoms with E-state index in [1.54, 1.807) is 12.1 Å². The molecule has 88 valence electrons. The van der Waals surface area contributed by atoms with E-state index in [4.69, 9.17) is 23.1 Å². The van der Waals surface area contributed by atoms with Crippen molar-refractivity contribution in [3.8, 4) is 0 Å². The standard InChI is InChI=1S/C11H15ClN2OS/c1-11(2,3)16-9-7(10(14)15)4-6(13)5-8(9)12/h4-5H,13H2,1-3H3,(H2,14,15). The average molecular weight is 259 g/mol. The first-order chi connectivity index (χ1) is 7.20. The summed E-state index contributed by atoms with van der Waals surface area (Å²) in [4.78, 5) is 12.0. The number of nitrogen functional groups attached to an aromatic ring is 1. The largest absolute Gasteiger partial charge is 0.399 e. The lowest BCUT2D eigenvalue weighted by atomic mass is 10.2. The fourth-order valence-electron chi connectivity index (χ4n) is 1.21. The van der Waals surface area contributed by atoms with Gasteiger partial charge < -0.3 is 11.5 Å². The maximum atomic E-state index is 11.3. The lowest BCUT2D eigenvalue weighted by Crippen LogP contribution is -2.15. The van der Waals surface area contributed by atoms with Crippen molar-refractivity contribution in [1.82, 2.24) is 0 Å². The molecule has 16 heavy (non-hydrogen) atoms. The molecule has 0 heterocycles. The normalized spacial score (nSPS) is 11.5. The highest BCUT2D eigenvalue weighted by molar-refractivity contribution is 8.00. The SMILES string of the molecule is CC(C)(C)Sc1c(Cl)cc(N)cc1C(N)=O. The number of halogens is 1. The van der Waals surface area contributed by atoms with E-state index in [2.05, 4.69) is 0 Å². The summed E-state index contributed by atoms with van der Waals surface area (Å²) in [6, 6.07) is 3.18. The Morgan fingerprint density at radius 1 is 1.38 bits per heavy atom. The Labute approximate surface area is 105 Å². The molecular formula is C11H15ClN2OS. The van der Waals surface area contributed by atoms with Crippen LogP contribution in [0.15, 0.2) is 17.0 Å². The molecule has 0 fully saturated rings. The second-order valence-corrected chi connectivity index (χ2v) is 6.70. The fourth-order valence-corrected chi connectivity index (χ4v) is 2.59. The van der Waals surface area contributed by atoms with Crippen LogP contribution < -0.4 is 11.5 Å². The number of thioether (sulfide) groups is 1. The first-order valence-corrected chi connectivity index (χ1v) is 5.98. The van der Waals surface area contributed by atoms with Gasteiger partial charge in [0.2, 0.25) is 5.91 Å². The number of rotatable bonds is 2. The van der Waals surface area contributed by atoms with Crippen LogP contribution in [-0.2, 0) is 0 Å². The van der Waals surface area contributed by atoms with Gasteiger partial charge >= 0.3 is 0 Å². The highest BCUT2D eigenvalue weighted by Gasteiger charge is 2.20. The third kappa shape index (κ3) is 3.32. The zero-order valence-electron chi connectivity index (χ0n) is 9.50. The van der Waals surface area contributed by atoms with Crippen molar-refractivity contribution < 1.29 is 4.79 Å². The molecule has 3 nitrogen and oxygen atoms in total. The Bertz CT molecular complexity index is 427. The first-order valence-electron chi connectivity index (χ1n) is 4.78. The fraction of sp³-hybridized carbons (Fsp3) is 0.364. The number of carbonyl (C=O) groups excluding carboxylic acids is 1. The van der Waals surface area contributed by atoms with Gasteiger partial charge in [-0.25, -0.2) is 0 Å². The lowest BCUT2D eigenvalue weighted by Gasteiger charge is -2.20. The molecule has 4 N–H and O–H groups in total. The third-order valence-corrected chi connectivity index (χ3v) is 3.41. The van der Waals surface area contributed by atoms with Crippen LogP contribution in [-0.4, -0.2) is 10.7 Å². The summed E-state index contributed by atoms with van der Waals surface area (Å²) in [7, 11) is 0. The highest BCUT2D eigenvalue weighted by atomic mass is 35.5. The van der Waals surface area contributed by atoms with Gasteiger partial charge in [-0.1, -0.05) is 32.4 Å². The van der Waals surface area contributed by atoms with Crippen molar-refractivity contribution in [2.75, 3.05) is 5.73 Å². The van der Waals surface area contributed by atoms with Crippen molar-refractivity contribution in [3.05, 3.63) is 22.7 Å². The summed E-state index contributed by atoms with van der Waals surface area (Å²) in [6.07, 6.45) is 0. The van der Waals surface area contributed by atoms with Gasteiger partial charge in [-0.3, -0.25) is 4.79 Å². The molecular weight excluding hydrogens is 244 g/mol. The van der Waals surface area contributed by atoms with Crippen LogP contribution in [0.5, 0.6) is 0 Å². The number of primary amides is 1. The number of benzene rings is 1. The summed E-state index contributed by atoms with van der Waals surface area (Å²) in [5.41, 5.74) is 11.8. The predicted octanol–water partition coefficient (Wildman–Crippen LogP) is 2.91. The van der Waals surface area contributed by atoms with Gasteiger partial charge in [-0.2, -0.15) is 0 Å². The Kier molecular flexibility index (Phi) is 3.76. The topological polar surface area (TPSA) is 69.1 Å². The Morgan fingerprint density at radius 2 is 1.94 bits per heavy atom. The van der Waals surface area contributed by atoms with Crippen LogP contribution in [0, 0.1) is 0 Å². The van der Waals surface area contributed by atoms with Crippen molar-refractivity contribution in [1.29, 1.82) is 0 Å². The van der Waals surface area contributed by atoms with Crippen LogP contribution >= 0.6 is 23.4 Å². The van der Waals surface area contributed by atoms with Crippen LogP contribution in [0.1, 0.15) is 31.1 Å². The average Bonchev–Trinajstić information content (AvgIpc) is 2.07. The van der Waals surface area contributed by atoms with Gasteiger partial charge in [-0.15, -0.1) is 11.8 Å². The van der Waals surface area contributed by atoms with E-state index in [1.807, 2.05) is 20.8 Å². The minimum absolute atomic E-state index is 0.0516. The summed E-state index contributed by atoms with van der Waals surface area (Å²) in [5, 5.41) is 0.466. The van der Waals surface area contributed by atoms with Crippen LogP contribution in [0.25, 0.3) is 0 Å². The minimum Gasteiger partial charge on any atom is -0.399 e. The molecule has 0 spiro atoms. The maximum Gasteiger partial charge on any atom is 0.249 e. The minimum atomic E-state index is -0.513. The molecule has 0 aliphatic carbocycles. The second kappa shape index (κ2) is 4.55. The lowest BCUT2D eigenvalue weighted by molar-refractivity contribution is 0.0997. The van der Waals surface area contributed by atoms with E-state index in [-0.39, 0.29) is 4.75 Å². The molecule has 0 saturated carbocycles. The maximum absolute atomic E-state index is 11.3. The van der Waals surface area contributed by atoms with Gasteiger partial charge in [0.05, 0.1) is 10.6 Å². The monoisotopic (exact) mass is 258 g/mol. The molecule has 0 unspecified atom stereocenters. The Hall–Kier alpha value is -0.870. The summed E-state index contributed by atoms with van der Waals surface area (Å²) in [6.45, 7) is 6.11. The van der Waals surface area contributed by atoms with Crippen molar-refractivity contribution >= 4 is 35.0 Å². The van der Waals surface area contributed by atoms with E-state index >= 15 is 0 Å². The van der Waals surface area contributed by atoms with Crippen LogP contribution in [0.4, 0.5) is 5.69 Å². The summed E-state index contributed by atoms with van der Waals surface area (Å²) in [5.74, 6) is -0.513. The smallest absolute Gasteiger partial charge is 0.249 e. The quantitative estimate of drug-likeness (QED) is 0.633. The van der Waals surface area contributed by atoms with Gasteiger partial charge in [0.15, 0.2) is 0 Å². The molecule has 1 aromatic rings. The number of amides is 1. The molecule has 0 saturated heterocycles. The number of nitrogens with two attached hydrogens (primary N) is 2. The number of hydrogen-bond donors (Lipinski definition) is 2. The van der Waals surface area contributed by atoms with Crippen LogP contribution in [0.2, 0.25) is 5.02 Å². The van der Waals surface area contributed by atoms with Crippen molar-refractivity contribution in [2.24, 2.45) is 5.73 Å². The molecule has 0 aliphatic heterocycles. The Balaban J connectivity index is 3.30. The number of carbonyl (C=O) groups is 1. The second-order valence-electron chi connectivity index (χ2n) is 4.46. The Morgan fingerprint density at radius 3 is 2.38 bits per heavy atom. The molecule has 1 aromatic carbocycles. The number of hydrogen-bond acceptors (Lipinski definition) is 3. The van der Waals surface area contributed by atoms with E-state index in [0.717, 1.165) is 0 Å². The van der Waals surface area contributed by atoms with Gasteiger partial charge in [0, 0.05) is 15.3 Å². The molecule has 0 atom stereocenters. The highest BCUT2D eigenvalue weighted by Crippen LogP contribution is 2.39. The summed E-state index contributed by atoms with van der Waals surface area (Å²) < 4.78 is -0.0516. The van der Waals surface area contributed by atoms with E-state index < -0.39 is 5.91 Å².